The van der Waals surface area contributed by atoms with Gasteiger partial charge in [-0.2, -0.15) is 0 Å². The van der Waals surface area contributed by atoms with Crippen molar-refractivity contribution in [3.63, 3.8) is 0 Å². The van der Waals surface area contributed by atoms with E-state index in [4.69, 9.17) is 9.47 Å². The fraction of sp³-hybridized carbons (Fsp3) is 0.368. The van der Waals surface area contributed by atoms with Gasteiger partial charge in [-0.25, -0.2) is 0 Å². The van der Waals surface area contributed by atoms with E-state index in [1.165, 1.54) is 0 Å². The third kappa shape index (κ3) is 5.06. The Morgan fingerprint density at radius 2 is 2.08 bits per heavy atom. The highest BCUT2D eigenvalue weighted by atomic mass is 16.5. The number of nitrogens with one attached hydrogen (secondary N) is 1. The van der Waals surface area contributed by atoms with E-state index in [-0.39, 0.29) is 12.0 Å². The number of nitrogens with zero attached hydrogens (tertiary/aromatic N) is 1. The molecular weight excluding hydrogens is 304 g/mol. The number of amides is 1. The number of carbonyl (C=O) groups is 1. The molecule has 5 heteroatoms. The van der Waals surface area contributed by atoms with Crippen molar-refractivity contribution in [2.75, 3.05) is 14.2 Å². The summed E-state index contributed by atoms with van der Waals surface area (Å²) in [6.07, 6.45) is 5.38. The molecule has 0 spiro atoms. The Bertz CT molecular complexity index is 659. The average molecular weight is 328 g/mol. The van der Waals surface area contributed by atoms with Crippen molar-refractivity contribution in [2.24, 2.45) is 0 Å². The van der Waals surface area contributed by atoms with E-state index in [1.807, 2.05) is 37.3 Å². The summed E-state index contributed by atoms with van der Waals surface area (Å²) in [5, 5.41) is 2.91. The first-order valence-corrected chi connectivity index (χ1v) is 8.01. The minimum absolute atomic E-state index is 0.155. The third-order valence-corrected chi connectivity index (χ3v) is 3.93. The van der Waals surface area contributed by atoms with Crippen LogP contribution in [0, 0.1) is 0 Å². The normalized spacial score (nSPS) is 11.8. The number of benzene rings is 1. The van der Waals surface area contributed by atoms with Crippen molar-refractivity contribution in [1.82, 2.24) is 10.3 Å². The van der Waals surface area contributed by atoms with Gasteiger partial charge in [-0.3, -0.25) is 9.78 Å². The average Bonchev–Trinajstić information content (AvgIpc) is 2.64. The van der Waals surface area contributed by atoms with Crippen LogP contribution in [0.1, 0.15) is 34.8 Å². The van der Waals surface area contributed by atoms with E-state index in [0.29, 0.717) is 17.9 Å². The Labute approximate surface area is 143 Å². The van der Waals surface area contributed by atoms with Crippen molar-refractivity contribution in [1.29, 1.82) is 0 Å². The molecule has 0 bridgehead atoms. The molecule has 0 aliphatic heterocycles. The first-order chi connectivity index (χ1) is 11.6. The lowest BCUT2D eigenvalue weighted by atomic mass is 10.0. The lowest BCUT2D eigenvalue weighted by Crippen LogP contribution is -2.23. The summed E-state index contributed by atoms with van der Waals surface area (Å²) in [5.74, 6) is 0.416. The summed E-state index contributed by atoms with van der Waals surface area (Å²) in [6.45, 7) is 2.46. The predicted molar refractivity (Wildman–Crippen MR) is 93.2 cm³/mol. The van der Waals surface area contributed by atoms with Crippen LogP contribution in [0.25, 0.3) is 0 Å². The first kappa shape index (κ1) is 17.9. The molecule has 0 aliphatic carbocycles. The summed E-state index contributed by atoms with van der Waals surface area (Å²) < 4.78 is 10.6. The Kier molecular flexibility index (Phi) is 6.75. The number of hydrogen-bond acceptors (Lipinski definition) is 4. The summed E-state index contributed by atoms with van der Waals surface area (Å²) >= 11 is 0. The quantitative estimate of drug-likeness (QED) is 0.809. The first-order valence-electron chi connectivity index (χ1n) is 8.01. The van der Waals surface area contributed by atoms with E-state index in [0.717, 1.165) is 24.0 Å². The predicted octanol–water partition coefficient (Wildman–Crippen LogP) is 2.99. The molecule has 5 nitrogen and oxygen atoms in total. The van der Waals surface area contributed by atoms with Crippen LogP contribution in [0.3, 0.4) is 0 Å². The summed E-state index contributed by atoms with van der Waals surface area (Å²) in [7, 11) is 3.27. The molecule has 0 saturated heterocycles. The second kappa shape index (κ2) is 9.03. The molecular formula is C19H24N2O3. The molecule has 0 radical (unpaired) electrons. The SMILES string of the molecule is COc1ccc(CCC(C)OC)cc1C(=O)NCc1cccnc1. The zero-order valence-corrected chi connectivity index (χ0v) is 14.4. The van der Waals surface area contributed by atoms with Crippen LogP contribution < -0.4 is 10.1 Å². The number of methoxy groups -OCH3 is 2. The van der Waals surface area contributed by atoms with E-state index in [1.54, 1.807) is 26.6 Å². The van der Waals surface area contributed by atoms with E-state index in [2.05, 4.69) is 10.3 Å². The summed E-state index contributed by atoms with van der Waals surface area (Å²) in [5.41, 5.74) is 2.59. The molecule has 1 unspecified atom stereocenters. The van der Waals surface area contributed by atoms with Crippen LogP contribution in [0.2, 0.25) is 0 Å². The molecule has 24 heavy (non-hydrogen) atoms. The number of carbonyl (C=O) groups excluding carboxylic acids is 1. The Morgan fingerprint density at radius 1 is 1.25 bits per heavy atom. The van der Waals surface area contributed by atoms with Crippen molar-refractivity contribution in [3.05, 3.63) is 59.4 Å². The standard InChI is InChI=1S/C19H24N2O3/c1-14(23-2)6-7-15-8-9-18(24-3)17(11-15)19(22)21-13-16-5-4-10-20-12-16/h4-5,8-12,14H,6-7,13H2,1-3H3,(H,21,22). The molecule has 1 atom stereocenters. The molecule has 1 N–H and O–H groups in total. The van der Waals surface area contributed by atoms with Gasteiger partial charge in [0.25, 0.3) is 5.91 Å². The number of rotatable bonds is 8. The van der Waals surface area contributed by atoms with Crippen molar-refractivity contribution < 1.29 is 14.3 Å². The topological polar surface area (TPSA) is 60.5 Å². The number of pyridine rings is 1. The maximum atomic E-state index is 12.5. The van der Waals surface area contributed by atoms with Gasteiger partial charge in [-0.1, -0.05) is 12.1 Å². The fourth-order valence-electron chi connectivity index (χ4n) is 2.36. The van der Waals surface area contributed by atoms with Gasteiger partial charge in [0, 0.05) is 26.0 Å². The molecule has 0 fully saturated rings. The van der Waals surface area contributed by atoms with Crippen LogP contribution in [-0.4, -0.2) is 31.2 Å². The fourth-order valence-corrected chi connectivity index (χ4v) is 2.36. The molecule has 128 valence electrons. The molecule has 1 amide bonds. The maximum Gasteiger partial charge on any atom is 0.255 e. The lowest BCUT2D eigenvalue weighted by Gasteiger charge is -2.13. The Balaban J connectivity index is 2.06. The zero-order chi connectivity index (χ0) is 17.4. The maximum absolute atomic E-state index is 12.5. The third-order valence-electron chi connectivity index (χ3n) is 3.93. The monoisotopic (exact) mass is 328 g/mol. The molecule has 2 rings (SSSR count). The van der Waals surface area contributed by atoms with Gasteiger partial charge in [-0.05, 0) is 49.1 Å². The second-order valence-corrected chi connectivity index (χ2v) is 5.66. The Morgan fingerprint density at radius 3 is 2.75 bits per heavy atom. The number of aromatic nitrogens is 1. The van der Waals surface area contributed by atoms with E-state index in [9.17, 15) is 4.79 Å². The van der Waals surface area contributed by atoms with Gasteiger partial charge in [-0.15, -0.1) is 0 Å². The van der Waals surface area contributed by atoms with Crippen LogP contribution in [0.5, 0.6) is 5.75 Å². The largest absolute Gasteiger partial charge is 0.496 e. The van der Waals surface area contributed by atoms with Crippen LogP contribution in [-0.2, 0) is 17.7 Å². The van der Waals surface area contributed by atoms with Gasteiger partial charge in [0.2, 0.25) is 0 Å². The minimum Gasteiger partial charge on any atom is -0.496 e. The number of hydrogen-bond donors (Lipinski definition) is 1. The van der Waals surface area contributed by atoms with Crippen molar-refractivity contribution in [3.8, 4) is 5.75 Å². The minimum atomic E-state index is -0.155. The highest BCUT2D eigenvalue weighted by Gasteiger charge is 2.13. The van der Waals surface area contributed by atoms with E-state index >= 15 is 0 Å². The second-order valence-electron chi connectivity index (χ2n) is 5.66. The van der Waals surface area contributed by atoms with Crippen LogP contribution in [0.15, 0.2) is 42.7 Å². The number of ether oxygens (including phenoxy) is 2. The van der Waals surface area contributed by atoms with Gasteiger partial charge >= 0.3 is 0 Å². The molecule has 1 aromatic carbocycles. The zero-order valence-electron chi connectivity index (χ0n) is 14.4. The highest BCUT2D eigenvalue weighted by molar-refractivity contribution is 5.97. The number of aryl methyl sites for hydroxylation is 1. The van der Waals surface area contributed by atoms with Crippen LogP contribution >= 0.6 is 0 Å². The Hall–Kier alpha value is -2.40. The summed E-state index contributed by atoms with van der Waals surface area (Å²) in [6, 6.07) is 9.48. The molecule has 0 saturated carbocycles. The molecule has 1 aromatic heterocycles. The highest BCUT2D eigenvalue weighted by Crippen LogP contribution is 2.21. The van der Waals surface area contributed by atoms with Gasteiger partial charge in [0.1, 0.15) is 5.75 Å². The molecule has 2 aromatic rings. The smallest absolute Gasteiger partial charge is 0.255 e. The van der Waals surface area contributed by atoms with Crippen LogP contribution in [0.4, 0.5) is 0 Å². The van der Waals surface area contributed by atoms with Crippen molar-refractivity contribution >= 4 is 5.91 Å². The lowest BCUT2D eigenvalue weighted by molar-refractivity contribution is 0.0947. The van der Waals surface area contributed by atoms with Gasteiger partial charge < -0.3 is 14.8 Å². The van der Waals surface area contributed by atoms with Crippen molar-refractivity contribution in [2.45, 2.75) is 32.4 Å². The molecule has 1 heterocycles. The van der Waals surface area contributed by atoms with Gasteiger partial charge in [0.05, 0.1) is 18.8 Å². The molecule has 0 aliphatic rings. The summed E-state index contributed by atoms with van der Waals surface area (Å²) in [4.78, 5) is 16.6. The van der Waals surface area contributed by atoms with Gasteiger partial charge in [0.15, 0.2) is 0 Å². The van der Waals surface area contributed by atoms with E-state index < -0.39 is 0 Å².